The highest BCUT2D eigenvalue weighted by Gasteiger charge is 2.10. The van der Waals surface area contributed by atoms with E-state index >= 15 is 0 Å². The largest absolute Gasteiger partial charge is 0.508 e. The Morgan fingerprint density at radius 3 is 2.60 bits per heavy atom. The van der Waals surface area contributed by atoms with Gasteiger partial charge in [0.1, 0.15) is 5.75 Å². The molecule has 0 saturated carbocycles. The molecular weight excluding hydrogens is 214 g/mol. The van der Waals surface area contributed by atoms with Crippen molar-refractivity contribution >= 4 is 15.7 Å². The lowest BCUT2D eigenvalue weighted by atomic mass is 10.2. The Morgan fingerprint density at radius 1 is 1.40 bits per heavy atom. The average molecular weight is 229 g/mol. The molecule has 0 saturated heterocycles. The molecule has 0 aliphatic heterocycles. The number of rotatable bonds is 4. The smallest absolute Gasteiger partial charge is 0.232 e. The molecule has 0 bridgehead atoms. The maximum Gasteiger partial charge on any atom is 0.232 e. The lowest BCUT2D eigenvalue weighted by Crippen LogP contribution is -2.16. The van der Waals surface area contributed by atoms with Gasteiger partial charge in [-0.2, -0.15) is 0 Å². The number of hydrogen-bond donors (Lipinski definition) is 2. The van der Waals surface area contributed by atoms with Crippen LogP contribution in [-0.2, 0) is 10.0 Å². The predicted octanol–water partition coefficient (Wildman–Crippen LogP) is 1.85. The molecule has 0 heterocycles. The molecule has 0 unspecified atom stereocenters. The fourth-order valence-corrected chi connectivity index (χ4v) is 2.45. The molecule has 0 aliphatic carbocycles. The first kappa shape index (κ1) is 11.8. The first-order valence-electron chi connectivity index (χ1n) is 4.74. The second-order valence-corrected chi connectivity index (χ2v) is 5.26. The van der Waals surface area contributed by atoms with Crippen LogP contribution in [-0.4, -0.2) is 19.3 Å². The molecule has 0 aromatic heterocycles. The zero-order chi connectivity index (χ0) is 11.5. The standard InChI is InChI=1S/C10H15NO3S/c1-3-6-15(13,14)11-10-5-4-9(12)7-8(10)2/h4-5,7,11-12H,3,6H2,1-2H3. The SMILES string of the molecule is CCCS(=O)(=O)Nc1ccc(O)cc1C. The van der Waals surface area contributed by atoms with Gasteiger partial charge in [-0.25, -0.2) is 8.42 Å². The number of aryl methyl sites for hydroxylation is 1. The minimum atomic E-state index is -3.25. The highest BCUT2D eigenvalue weighted by molar-refractivity contribution is 7.92. The maximum absolute atomic E-state index is 11.5. The molecule has 1 rings (SSSR count). The molecule has 4 nitrogen and oxygen atoms in total. The monoisotopic (exact) mass is 229 g/mol. The molecular formula is C10H15NO3S. The number of phenols is 1. The summed E-state index contributed by atoms with van der Waals surface area (Å²) < 4.78 is 25.4. The van der Waals surface area contributed by atoms with Crippen molar-refractivity contribution in [3.8, 4) is 5.75 Å². The van der Waals surface area contributed by atoms with Crippen LogP contribution in [0.15, 0.2) is 18.2 Å². The molecule has 0 amide bonds. The number of hydrogen-bond acceptors (Lipinski definition) is 3. The van der Waals surface area contributed by atoms with Crippen LogP contribution in [0.5, 0.6) is 5.75 Å². The summed E-state index contributed by atoms with van der Waals surface area (Å²) in [4.78, 5) is 0. The summed E-state index contributed by atoms with van der Waals surface area (Å²) >= 11 is 0. The molecule has 84 valence electrons. The van der Waals surface area contributed by atoms with E-state index in [1.54, 1.807) is 13.0 Å². The molecule has 0 spiro atoms. The third-order valence-corrected chi connectivity index (χ3v) is 3.42. The van der Waals surface area contributed by atoms with Gasteiger partial charge in [0, 0.05) is 0 Å². The highest BCUT2D eigenvalue weighted by Crippen LogP contribution is 2.21. The van der Waals surface area contributed by atoms with Gasteiger partial charge < -0.3 is 5.11 Å². The van der Waals surface area contributed by atoms with E-state index in [0.29, 0.717) is 17.7 Å². The Hall–Kier alpha value is -1.23. The Kier molecular flexibility index (Phi) is 3.57. The highest BCUT2D eigenvalue weighted by atomic mass is 32.2. The third kappa shape index (κ3) is 3.43. The Labute approximate surface area is 90.0 Å². The van der Waals surface area contributed by atoms with Crippen molar-refractivity contribution < 1.29 is 13.5 Å². The summed E-state index contributed by atoms with van der Waals surface area (Å²) in [5.41, 5.74) is 1.22. The Bertz CT molecular complexity index is 440. The number of sulfonamides is 1. The van der Waals surface area contributed by atoms with Crippen LogP contribution in [0.2, 0.25) is 0 Å². The van der Waals surface area contributed by atoms with Crippen LogP contribution in [0.3, 0.4) is 0 Å². The van der Waals surface area contributed by atoms with E-state index in [9.17, 15) is 8.42 Å². The zero-order valence-electron chi connectivity index (χ0n) is 8.82. The van der Waals surface area contributed by atoms with Crippen molar-refractivity contribution in [2.45, 2.75) is 20.3 Å². The number of anilines is 1. The molecule has 1 aromatic carbocycles. The summed E-state index contributed by atoms with van der Waals surface area (Å²) in [5.74, 6) is 0.235. The van der Waals surface area contributed by atoms with Gasteiger partial charge in [-0.3, -0.25) is 4.72 Å². The van der Waals surface area contributed by atoms with Crippen molar-refractivity contribution in [2.24, 2.45) is 0 Å². The summed E-state index contributed by atoms with van der Waals surface area (Å²) in [6.45, 7) is 3.55. The van der Waals surface area contributed by atoms with Crippen LogP contribution in [0, 0.1) is 6.92 Å². The van der Waals surface area contributed by atoms with Gasteiger partial charge in [-0.1, -0.05) is 6.92 Å². The minimum absolute atomic E-state index is 0.104. The van der Waals surface area contributed by atoms with E-state index in [2.05, 4.69) is 4.72 Å². The van der Waals surface area contributed by atoms with E-state index in [1.165, 1.54) is 12.1 Å². The van der Waals surface area contributed by atoms with Crippen LogP contribution in [0.1, 0.15) is 18.9 Å². The zero-order valence-corrected chi connectivity index (χ0v) is 9.63. The van der Waals surface area contributed by atoms with E-state index in [4.69, 9.17) is 5.11 Å². The molecule has 0 aliphatic rings. The summed E-state index contributed by atoms with van der Waals surface area (Å²) in [7, 11) is -3.25. The summed E-state index contributed by atoms with van der Waals surface area (Å²) in [6, 6.07) is 4.53. The molecule has 2 N–H and O–H groups in total. The fraction of sp³-hybridized carbons (Fsp3) is 0.400. The fourth-order valence-electron chi connectivity index (χ4n) is 1.25. The Balaban J connectivity index is 2.90. The number of benzene rings is 1. The molecule has 0 fully saturated rings. The van der Waals surface area contributed by atoms with Gasteiger partial charge in [-0.05, 0) is 37.1 Å². The van der Waals surface area contributed by atoms with Gasteiger partial charge in [0.15, 0.2) is 0 Å². The van der Waals surface area contributed by atoms with Crippen LogP contribution < -0.4 is 4.72 Å². The third-order valence-electron chi connectivity index (χ3n) is 1.95. The second-order valence-electron chi connectivity index (χ2n) is 3.42. The first-order valence-corrected chi connectivity index (χ1v) is 6.40. The van der Waals surface area contributed by atoms with Crippen LogP contribution in [0.4, 0.5) is 5.69 Å². The lowest BCUT2D eigenvalue weighted by molar-refractivity contribution is 0.475. The Morgan fingerprint density at radius 2 is 2.07 bits per heavy atom. The van der Waals surface area contributed by atoms with Crippen molar-refractivity contribution in [2.75, 3.05) is 10.5 Å². The topological polar surface area (TPSA) is 66.4 Å². The minimum Gasteiger partial charge on any atom is -0.508 e. The van der Waals surface area contributed by atoms with E-state index in [1.807, 2.05) is 6.92 Å². The van der Waals surface area contributed by atoms with E-state index in [-0.39, 0.29) is 11.5 Å². The van der Waals surface area contributed by atoms with Crippen LogP contribution >= 0.6 is 0 Å². The first-order chi connectivity index (χ1) is 6.94. The molecule has 1 aromatic rings. The number of phenolic OH excluding ortho intramolecular Hbond substituents is 1. The van der Waals surface area contributed by atoms with Gasteiger partial charge in [0.2, 0.25) is 10.0 Å². The summed E-state index contributed by atoms with van der Waals surface area (Å²) in [5, 5.41) is 9.16. The van der Waals surface area contributed by atoms with E-state index < -0.39 is 10.0 Å². The molecule has 5 heteroatoms. The second kappa shape index (κ2) is 4.53. The lowest BCUT2D eigenvalue weighted by Gasteiger charge is -2.09. The van der Waals surface area contributed by atoms with Crippen molar-refractivity contribution in [1.82, 2.24) is 0 Å². The van der Waals surface area contributed by atoms with Crippen molar-refractivity contribution in [1.29, 1.82) is 0 Å². The molecule has 0 atom stereocenters. The van der Waals surface area contributed by atoms with Crippen molar-refractivity contribution in [3.05, 3.63) is 23.8 Å². The average Bonchev–Trinajstić information content (AvgIpc) is 2.09. The maximum atomic E-state index is 11.5. The van der Waals surface area contributed by atoms with Gasteiger partial charge in [-0.15, -0.1) is 0 Å². The van der Waals surface area contributed by atoms with Gasteiger partial charge in [0.25, 0.3) is 0 Å². The van der Waals surface area contributed by atoms with Crippen LogP contribution in [0.25, 0.3) is 0 Å². The van der Waals surface area contributed by atoms with Gasteiger partial charge >= 0.3 is 0 Å². The van der Waals surface area contributed by atoms with Gasteiger partial charge in [0.05, 0.1) is 11.4 Å². The normalized spacial score (nSPS) is 11.3. The predicted molar refractivity (Wildman–Crippen MR) is 60.5 cm³/mol. The van der Waals surface area contributed by atoms with E-state index in [0.717, 1.165) is 0 Å². The molecule has 15 heavy (non-hydrogen) atoms. The number of aromatic hydroxyl groups is 1. The molecule has 0 radical (unpaired) electrons. The van der Waals surface area contributed by atoms with Crippen molar-refractivity contribution in [3.63, 3.8) is 0 Å². The quantitative estimate of drug-likeness (QED) is 0.774. The summed E-state index contributed by atoms with van der Waals surface area (Å²) in [6.07, 6.45) is 0.576. The number of nitrogens with one attached hydrogen (secondary N) is 1.